The molecule has 0 saturated carbocycles. The third kappa shape index (κ3) is 5.19. The molecule has 0 aliphatic rings. The predicted octanol–water partition coefficient (Wildman–Crippen LogP) is 6.92. The molecule has 31 heavy (non-hydrogen) atoms. The molecule has 4 nitrogen and oxygen atoms in total. The van der Waals surface area contributed by atoms with Crippen molar-refractivity contribution in [1.29, 1.82) is 0 Å². The van der Waals surface area contributed by atoms with Crippen molar-refractivity contribution in [3.05, 3.63) is 96.0 Å². The van der Waals surface area contributed by atoms with Crippen LogP contribution in [-0.4, -0.2) is 22.0 Å². The minimum Gasteiger partial charge on any atom is -0.318 e. The van der Waals surface area contributed by atoms with Gasteiger partial charge in [-0.2, -0.15) is 0 Å². The van der Waals surface area contributed by atoms with Gasteiger partial charge in [-0.15, -0.1) is 11.3 Å². The molecule has 5 heteroatoms. The first-order valence-corrected chi connectivity index (χ1v) is 11.2. The van der Waals surface area contributed by atoms with Gasteiger partial charge in [0, 0.05) is 35.4 Å². The van der Waals surface area contributed by atoms with E-state index in [9.17, 15) is 4.79 Å². The van der Waals surface area contributed by atoms with Gasteiger partial charge in [-0.05, 0) is 48.7 Å². The second-order valence-corrected chi connectivity index (χ2v) is 8.53. The van der Waals surface area contributed by atoms with Gasteiger partial charge in [0.25, 0.3) is 0 Å². The number of carbonyl (C=O) groups is 1. The molecule has 1 heterocycles. The Morgan fingerprint density at radius 2 is 1.65 bits per heavy atom. The standard InChI is InChI=1S/C26H25N3OS/c1-19(2)29(18-20-7-6-10-23(17-20)25-27-15-16-31-25)26(30)28-24-13-11-22(12-14-24)21-8-4-3-5-9-21/h3-17,19H,18H2,1-2H3,(H,28,30). The van der Waals surface area contributed by atoms with E-state index in [1.165, 1.54) is 0 Å². The Bertz CT molecular complexity index is 1120. The van der Waals surface area contributed by atoms with Crippen molar-refractivity contribution in [1.82, 2.24) is 9.88 Å². The lowest BCUT2D eigenvalue weighted by molar-refractivity contribution is 0.193. The molecule has 4 rings (SSSR count). The van der Waals surface area contributed by atoms with Crippen LogP contribution in [0.3, 0.4) is 0 Å². The molecule has 0 aliphatic carbocycles. The van der Waals surface area contributed by atoms with Crippen LogP contribution in [0.5, 0.6) is 0 Å². The van der Waals surface area contributed by atoms with E-state index < -0.39 is 0 Å². The lowest BCUT2D eigenvalue weighted by atomic mass is 10.1. The van der Waals surface area contributed by atoms with Crippen LogP contribution in [-0.2, 0) is 6.54 Å². The molecule has 0 saturated heterocycles. The number of aromatic nitrogens is 1. The number of hydrogen-bond donors (Lipinski definition) is 1. The molecule has 1 N–H and O–H groups in total. The Hall–Kier alpha value is -3.44. The van der Waals surface area contributed by atoms with Gasteiger partial charge in [0.05, 0.1) is 0 Å². The van der Waals surface area contributed by atoms with E-state index in [1.807, 2.05) is 78.9 Å². The van der Waals surface area contributed by atoms with Crippen LogP contribution in [0.4, 0.5) is 10.5 Å². The summed E-state index contributed by atoms with van der Waals surface area (Å²) in [7, 11) is 0. The summed E-state index contributed by atoms with van der Waals surface area (Å²) in [6.07, 6.45) is 1.81. The molecule has 0 aliphatic heterocycles. The number of carbonyl (C=O) groups excluding carboxylic acids is 1. The van der Waals surface area contributed by atoms with Crippen molar-refractivity contribution in [2.45, 2.75) is 26.4 Å². The summed E-state index contributed by atoms with van der Waals surface area (Å²) < 4.78 is 0. The summed E-state index contributed by atoms with van der Waals surface area (Å²) in [6, 6.07) is 26.3. The summed E-state index contributed by atoms with van der Waals surface area (Å²) in [5.41, 5.74) is 5.22. The molecule has 156 valence electrons. The van der Waals surface area contributed by atoms with Gasteiger partial charge in [0.2, 0.25) is 0 Å². The van der Waals surface area contributed by atoms with Crippen LogP contribution < -0.4 is 5.32 Å². The van der Waals surface area contributed by atoms with Gasteiger partial charge in [-0.3, -0.25) is 0 Å². The monoisotopic (exact) mass is 427 g/mol. The van der Waals surface area contributed by atoms with E-state index in [-0.39, 0.29) is 12.1 Å². The number of thiazole rings is 1. The van der Waals surface area contributed by atoms with Crippen LogP contribution in [0.1, 0.15) is 19.4 Å². The molecule has 0 bridgehead atoms. The van der Waals surface area contributed by atoms with Crippen LogP contribution in [0.15, 0.2) is 90.4 Å². The van der Waals surface area contributed by atoms with Gasteiger partial charge >= 0.3 is 6.03 Å². The van der Waals surface area contributed by atoms with Crippen molar-refractivity contribution >= 4 is 23.1 Å². The normalized spacial score (nSPS) is 10.8. The third-order valence-corrected chi connectivity index (χ3v) is 5.91. The lowest BCUT2D eigenvalue weighted by Crippen LogP contribution is -2.39. The first-order valence-electron chi connectivity index (χ1n) is 10.3. The topological polar surface area (TPSA) is 45.2 Å². The van der Waals surface area contributed by atoms with Gasteiger partial charge in [0.1, 0.15) is 5.01 Å². The van der Waals surface area contributed by atoms with Gasteiger partial charge in [-0.25, -0.2) is 9.78 Å². The summed E-state index contributed by atoms with van der Waals surface area (Å²) in [5, 5.41) is 6.00. The third-order valence-electron chi connectivity index (χ3n) is 5.09. The number of nitrogens with one attached hydrogen (secondary N) is 1. The maximum atomic E-state index is 13.0. The minimum atomic E-state index is -0.109. The molecule has 3 aromatic carbocycles. The fraction of sp³-hybridized carbons (Fsp3) is 0.154. The summed E-state index contributed by atoms with van der Waals surface area (Å²) >= 11 is 1.61. The molecule has 2 amide bonds. The lowest BCUT2D eigenvalue weighted by Gasteiger charge is -2.27. The Morgan fingerprint density at radius 3 is 2.32 bits per heavy atom. The highest BCUT2D eigenvalue weighted by atomic mass is 32.1. The Kier molecular flexibility index (Phi) is 6.43. The highest BCUT2D eigenvalue weighted by Gasteiger charge is 2.18. The highest BCUT2D eigenvalue weighted by Crippen LogP contribution is 2.24. The zero-order valence-corrected chi connectivity index (χ0v) is 18.5. The SMILES string of the molecule is CC(C)N(Cc1cccc(-c2nccs2)c1)C(=O)Nc1ccc(-c2ccccc2)cc1. The van der Waals surface area contributed by atoms with Crippen molar-refractivity contribution in [3.8, 4) is 21.7 Å². The Balaban J connectivity index is 1.46. The van der Waals surface area contributed by atoms with Crippen molar-refractivity contribution in [3.63, 3.8) is 0 Å². The number of anilines is 1. The molecule has 4 aromatic rings. The zero-order chi connectivity index (χ0) is 21.6. The van der Waals surface area contributed by atoms with Gasteiger partial charge in [0.15, 0.2) is 0 Å². The number of benzene rings is 3. The zero-order valence-electron chi connectivity index (χ0n) is 17.7. The van der Waals surface area contributed by atoms with E-state index >= 15 is 0 Å². The van der Waals surface area contributed by atoms with E-state index in [1.54, 1.807) is 11.3 Å². The minimum absolute atomic E-state index is 0.0621. The molecular weight excluding hydrogens is 402 g/mol. The number of amides is 2. The number of nitrogens with zero attached hydrogens (tertiary/aromatic N) is 2. The first-order chi connectivity index (χ1) is 15.1. The van der Waals surface area contributed by atoms with Crippen LogP contribution >= 0.6 is 11.3 Å². The Morgan fingerprint density at radius 1 is 0.935 bits per heavy atom. The second kappa shape index (κ2) is 9.58. The average Bonchev–Trinajstić information content (AvgIpc) is 3.34. The maximum Gasteiger partial charge on any atom is 0.322 e. The Labute approximate surface area is 187 Å². The van der Waals surface area contributed by atoms with Crippen LogP contribution in [0.2, 0.25) is 0 Å². The largest absolute Gasteiger partial charge is 0.322 e. The summed E-state index contributed by atoms with van der Waals surface area (Å²) in [4.78, 5) is 19.3. The van der Waals surface area contributed by atoms with Gasteiger partial charge in [-0.1, -0.05) is 60.7 Å². The smallest absolute Gasteiger partial charge is 0.318 e. The summed E-state index contributed by atoms with van der Waals surface area (Å²) in [6.45, 7) is 4.59. The van der Waals surface area contributed by atoms with Crippen LogP contribution in [0, 0.1) is 0 Å². The molecule has 0 atom stereocenters. The first kappa shape index (κ1) is 20.8. The molecule has 0 spiro atoms. The van der Waals surface area contributed by atoms with E-state index in [4.69, 9.17) is 0 Å². The summed E-state index contributed by atoms with van der Waals surface area (Å²) in [5.74, 6) is 0. The van der Waals surface area contributed by atoms with Crippen molar-refractivity contribution in [2.24, 2.45) is 0 Å². The van der Waals surface area contributed by atoms with Crippen molar-refractivity contribution in [2.75, 3.05) is 5.32 Å². The number of rotatable bonds is 6. The molecule has 0 radical (unpaired) electrons. The van der Waals surface area contributed by atoms with E-state index in [2.05, 4.69) is 40.6 Å². The molecule has 0 unspecified atom stereocenters. The average molecular weight is 428 g/mol. The number of urea groups is 1. The van der Waals surface area contributed by atoms with E-state index in [0.717, 1.165) is 32.9 Å². The molecule has 0 fully saturated rings. The van der Waals surface area contributed by atoms with Gasteiger partial charge < -0.3 is 10.2 Å². The molecule has 1 aromatic heterocycles. The quantitative estimate of drug-likeness (QED) is 0.363. The predicted molar refractivity (Wildman–Crippen MR) is 129 cm³/mol. The highest BCUT2D eigenvalue weighted by molar-refractivity contribution is 7.13. The number of hydrogen-bond acceptors (Lipinski definition) is 3. The second-order valence-electron chi connectivity index (χ2n) is 7.63. The maximum absolute atomic E-state index is 13.0. The van der Waals surface area contributed by atoms with Crippen LogP contribution in [0.25, 0.3) is 21.7 Å². The van der Waals surface area contributed by atoms with E-state index in [0.29, 0.717) is 6.54 Å². The molecular formula is C26H25N3OS. The van der Waals surface area contributed by atoms with Crippen molar-refractivity contribution < 1.29 is 4.79 Å². The fourth-order valence-corrected chi connectivity index (χ4v) is 4.06. The fourth-order valence-electron chi connectivity index (χ4n) is 3.43.